The predicted molar refractivity (Wildman–Crippen MR) is 58.5 cm³/mol. The molecular formula is C12H20NTi-. The van der Waals surface area contributed by atoms with Crippen LogP contribution in [0, 0.1) is 12.3 Å². The molecule has 2 aliphatic rings. The van der Waals surface area contributed by atoms with Gasteiger partial charge in [0, 0.05) is 21.7 Å². The van der Waals surface area contributed by atoms with E-state index in [0.717, 1.165) is 5.92 Å². The van der Waals surface area contributed by atoms with E-state index in [-0.39, 0.29) is 21.7 Å². The molecular weight excluding hydrogens is 206 g/mol. The maximum absolute atomic E-state index is 2.37. The molecule has 0 N–H and O–H groups in total. The molecule has 0 aromatic heterocycles. The van der Waals surface area contributed by atoms with Gasteiger partial charge in [0.1, 0.15) is 0 Å². The molecule has 14 heavy (non-hydrogen) atoms. The van der Waals surface area contributed by atoms with Gasteiger partial charge >= 0.3 is 0 Å². The van der Waals surface area contributed by atoms with Crippen LogP contribution in [0.25, 0.3) is 0 Å². The van der Waals surface area contributed by atoms with Gasteiger partial charge in [0.05, 0.1) is 0 Å². The summed E-state index contributed by atoms with van der Waals surface area (Å²) >= 11 is 0. The molecule has 0 aliphatic heterocycles. The number of hydrogen-bond donors (Lipinski definition) is 0. The van der Waals surface area contributed by atoms with Gasteiger partial charge in [-0.05, 0) is 33.5 Å². The minimum absolute atomic E-state index is 0. The van der Waals surface area contributed by atoms with Gasteiger partial charge in [0.2, 0.25) is 0 Å². The molecule has 2 aliphatic carbocycles. The Morgan fingerprint density at radius 1 is 1.36 bits per heavy atom. The average molecular weight is 226 g/mol. The first-order chi connectivity index (χ1) is 6.20. The van der Waals surface area contributed by atoms with Crippen LogP contribution in [-0.4, -0.2) is 26.0 Å². The largest absolute Gasteiger partial charge is 0.312 e. The van der Waals surface area contributed by atoms with E-state index in [0.29, 0.717) is 0 Å². The molecule has 2 heteroatoms. The van der Waals surface area contributed by atoms with Crippen molar-refractivity contribution >= 4 is 0 Å². The summed E-state index contributed by atoms with van der Waals surface area (Å²) in [7, 11) is 6.00. The van der Waals surface area contributed by atoms with Gasteiger partial charge in [-0.1, -0.05) is 6.42 Å². The molecule has 0 radical (unpaired) electrons. The van der Waals surface area contributed by atoms with E-state index >= 15 is 0 Å². The van der Waals surface area contributed by atoms with E-state index in [1.807, 2.05) is 26.0 Å². The summed E-state index contributed by atoms with van der Waals surface area (Å²) in [6, 6.07) is 0. The van der Waals surface area contributed by atoms with Gasteiger partial charge < -0.3 is 4.90 Å². The molecule has 1 unspecified atom stereocenters. The minimum atomic E-state index is 0. The van der Waals surface area contributed by atoms with Crippen molar-refractivity contribution in [3.8, 4) is 0 Å². The molecule has 78 valence electrons. The normalized spacial score (nSPS) is 22.6. The van der Waals surface area contributed by atoms with E-state index in [2.05, 4.69) is 24.6 Å². The molecule has 2 rings (SSSR count). The van der Waals surface area contributed by atoms with Crippen LogP contribution in [0.4, 0.5) is 0 Å². The smallest absolute Gasteiger partial charge is 0 e. The minimum Gasteiger partial charge on any atom is -0.312 e. The van der Waals surface area contributed by atoms with Crippen LogP contribution in [0.1, 0.15) is 19.3 Å². The third kappa shape index (κ3) is 5.04. The Kier molecular flexibility index (Phi) is 7.35. The SMILES string of the molecule is C1=CCC2CC[CH-]C2=C1.CN(C)C.[Ti]. The third-order valence-electron chi connectivity index (χ3n) is 2.21. The maximum atomic E-state index is 2.37. The first-order valence-corrected chi connectivity index (χ1v) is 5.01. The third-order valence-corrected chi connectivity index (χ3v) is 2.21. The van der Waals surface area contributed by atoms with Crippen molar-refractivity contribution in [2.45, 2.75) is 19.3 Å². The molecule has 1 nitrogen and oxygen atoms in total. The Labute approximate surface area is 103 Å². The van der Waals surface area contributed by atoms with Gasteiger partial charge in [0.25, 0.3) is 0 Å². The Morgan fingerprint density at radius 2 is 2.00 bits per heavy atom. The van der Waals surface area contributed by atoms with E-state index in [9.17, 15) is 0 Å². The summed E-state index contributed by atoms with van der Waals surface area (Å²) < 4.78 is 0. The number of rotatable bonds is 0. The van der Waals surface area contributed by atoms with Gasteiger partial charge in [-0.15, -0.1) is 18.6 Å². The van der Waals surface area contributed by atoms with E-state index in [1.54, 1.807) is 5.57 Å². The number of hydrogen-bond acceptors (Lipinski definition) is 1. The molecule has 0 amide bonds. The van der Waals surface area contributed by atoms with E-state index < -0.39 is 0 Å². The zero-order chi connectivity index (χ0) is 9.68. The van der Waals surface area contributed by atoms with Crippen LogP contribution in [0.2, 0.25) is 0 Å². The van der Waals surface area contributed by atoms with Crippen LogP contribution in [0.3, 0.4) is 0 Å². The van der Waals surface area contributed by atoms with Crippen molar-refractivity contribution in [2.75, 3.05) is 21.1 Å². The Bertz CT molecular complexity index is 204. The Balaban J connectivity index is 0.000000299. The number of fused-ring (bicyclic) bond motifs is 1. The van der Waals surface area contributed by atoms with Crippen LogP contribution in [0.15, 0.2) is 23.8 Å². The summed E-state index contributed by atoms with van der Waals surface area (Å²) in [6.07, 6.45) is 13.0. The van der Waals surface area contributed by atoms with Crippen LogP contribution < -0.4 is 0 Å². The molecule has 1 atom stereocenters. The molecule has 1 saturated carbocycles. The first kappa shape index (κ1) is 14.0. The molecule has 1 fully saturated rings. The van der Waals surface area contributed by atoms with Gasteiger partial charge in [-0.25, -0.2) is 18.1 Å². The second kappa shape index (κ2) is 7.33. The summed E-state index contributed by atoms with van der Waals surface area (Å²) in [5.41, 5.74) is 1.58. The maximum Gasteiger partial charge on any atom is 0 e. The predicted octanol–water partition coefficient (Wildman–Crippen LogP) is 2.66. The molecule has 0 saturated heterocycles. The Morgan fingerprint density at radius 3 is 2.57 bits per heavy atom. The monoisotopic (exact) mass is 226 g/mol. The molecule has 0 heterocycles. The fourth-order valence-electron chi connectivity index (χ4n) is 1.66. The van der Waals surface area contributed by atoms with Gasteiger partial charge in [-0.2, -0.15) is 0 Å². The van der Waals surface area contributed by atoms with Gasteiger partial charge in [0.15, 0.2) is 0 Å². The first-order valence-electron chi connectivity index (χ1n) is 5.01. The fourth-order valence-corrected chi connectivity index (χ4v) is 1.66. The molecule has 0 spiro atoms. The zero-order valence-electron chi connectivity index (χ0n) is 9.46. The number of allylic oxidation sites excluding steroid dienone is 4. The van der Waals surface area contributed by atoms with E-state index in [4.69, 9.17) is 0 Å². The van der Waals surface area contributed by atoms with Crippen molar-refractivity contribution in [3.05, 3.63) is 30.2 Å². The van der Waals surface area contributed by atoms with Crippen molar-refractivity contribution < 1.29 is 21.7 Å². The molecule has 0 bridgehead atoms. The molecule has 0 aromatic carbocycles. The summed E-state index contributed by atoms with van der Waals surface area (Å²) in [6.45, 7) is 0. The zero-order valence-corrected chi connectivity index (χ0v) is 11.0. The van der Waals surface area contributed by atoms with Crippen LogP contribution in [0.5, 0.6) is 0 Å². The Hall–Kier alpha value is 0.0243. The quantitative estimate of drug-likeness (QED) is 0.453. The van der Waals surface area contributed by atoms with Crippen LogP contribution in [-0.2, 0) is 21.7 Å². The fraction of sp³-hybridized carbons (Fsp3) is 0.583. The van der Waals surface area contributed by atoms with Crippen LogP contribution >= 0.6 is 0 Å². The van der Waals surface area contributed by atoms with E-state index in [1.165, 1.54) is 19.3 Å². The average Bonchev–Trinajstić information content (AvgIpc) is 2.49. The second-order valence-corrected chi connectivity index (χ2v) is 4.15. The van der Waals surface area contributed by atoms with Crippen molar-refractivity contribution in [2.24, 2.45) is 5.92 Å². The standard InChI is InChI=1S/C9H11.C3H9N.Ti/c1-2-5-9-7-3-6-8(9)4-1;1-4(2)3;/h1-2,4,6,9H,3,5,7H2;1-3H3;/q-1;;. The van der Waals surface area contributed by atoms with Crippen molar-refractivity contribution in [3.63, 3.8) is 0 Å². The van der Waals surface area contributed by atoms with Crippen molar-refractivity contribution in [1.29, 1.82) is 0 Å². The summed E-state index contributed by atoms with van der Waals surface area (Å²) in [4.78, 5) is 2.00. The number of nitrogens with zero attached hydrogens (tertiary/aromatic N) is 1. The summed E-state index contributed by atoms with van der Waals surface area (Å²) in [5, 5.41) is 0. The van der Waals surface area contributed by atoms with Gasteiger partial charge in [-0.3, -0.25) is 0 Å². The van der Waals surface area contributed by atoms with Crippen molar-refractivity contribution in [1.82, 2.24) is 4.90 Å². The summed E-state index contributed by atoms with van der Waals surface area (Å²) in [5.74, 6) is 0.884. The topological polar surface area (TPSA) is 3.24 Å². The second-order valence-electron chi connectivity index (χ2n) is 4.15. The molecule has 0 aromatic rings.